The molecule has 0 aliphatic carbocycles. The van der Waals surface area contributed by atoms with E-state index in [0.717, 1.165) is 11.8 Å². The Labute approximate surface area is 245 Å². The Morgan fingerprint density at radius 1 is 0.976 bits per heavy atom. The van der Waals surface area contributed by atoms with Crippen molar-refractivity contribution in [1.82, 2.24) is 20.1 Å². The molecule has 1 heterocycles. The summed E-state index contributed by atoms with van der Waals surface area (Å²) in [6, 6.07) is 16.4. The van der Waals surface area contributed by atoms with Crippen LogP contribution in [0.3, 0.4) is 0 Å². The predicted octanol–water partition coefficient (Wildman–Crippen LogP) is 4.17. The van der Waals surface area contributed by atoms with Crippen LogP contribution in [0.4, 0.5) is 11.4 Å². The molecule has 2 N–H and O–H groups in total. The van der Waals surface area contributed by atoms with Gasteiger partial charge in [0.2, 0.25) is 5.91 Å². The van der Waals surface area contributed by atoms with Gasteiger partial charge in [-0.1, -0.05) is 17.8 Å². The van der Waals surface area contributed by atoms with Crippen molar-refractivity contribution >= 4 is 35.0 Å². The summed E-state index contributed by atoms with van der Waals surface area (Å²) >= 11 is 1.14. The lowest BCUT2D eigenvalue weighted by Gasteiger charge is -2.15. The van der Waals surface area contributed by atoms with Gasteiger partial charge in [-0.3, -0.25) is 24.3 Å². The second-order valence-electron chi connectivity index (χ2n) is 8.73. The standard InChI is InChI=1S/C28H28N6O7S/c1-17-21(6-5-7-22(17)34(37)38)27(36)29-15-25-31-32-28(33(25)23-14-20(40-3)12-13-24(23)41-4)42-16-26(35)30-18-8-10-19(39-2)11-9-18/h5-14H,15-16H2,1-4H3,(H,29,36)(H,30,35). The fourth-order valence-electron chi connectivity index (χ4n) is 4.05. The molecular weight excluding hydrogens is 564 g/mol. The van der Waals surface area contributed by atoms with Gasteiger partial charge in [-0.25, -0.2) is 0 Å². The summed E-state index contributed by atoms with van der Waals surface area (Å²) in [5, 5.41) is 25.8. The molecule has 0 aliphatic rings. The van der Waals surface area contributed by atoms with Crippen LogP contribution in [0.25, 0.3) is 5.69 Å². The van der Waals surface area contributed by atoms with Crippen LogP contribution in [0, 0.1) is 17.0 Å². The van der Waals surface area contributed by atoms with E-state index in [1.807, 2.05) is 0 Å². The fraction of sp³-hybridized carbons (Fsp3) is 0.214. The van der Waals surface area contributed by atoms with Crippen molar-refractivity contribution in [1.29, 1.82) is 0 Å². The number of benzene rings is 3. The lowest BCUT2D eigenvalue weighted by Crippen LogP contribution is -2.25. The number of nitrogens with zero attached hydrogens (tertiary/aromatic N) is 4. The number of anilines is 1. The minimum absolute atomic E-state index is 0.00961. The van der Waals surface area contributed by atoms with E-state index in [2.05, 4.69) is 20.8 Å². The number of nitrogens with one attached hydrogen (secondary N) is 2. The van der Waals surface area contributed by atoms with E-state index < -0.39 is 10.8 Å². The van der Waals surface area contributed by atoms with Crippen LogP contribution < -0.4 is 24.8 Å². The van der Waals surface area contributed by atoms with Crippen molar-refractivity contribution in [2.45, 2.75) is 18.6 Å². The molecule has 13 nitrogen and oxygen atoms in total. The molecule has 2 amide bonds. The van der Waals surface area contributed by atoms with Gasteiger partial charge >= 0.3 is 0 Å². The molecule has 42 heavy (non-hydrogen) atoms. The van der Waals surface area contributed by atoms with Crippen molar-refractivity contribution in [3.63, 3.8) is 0 Å². The molecule has 0 fully saturated rings. The molecule has 4 aromatic rings. The zero-order valence-corrected chi connectivity index (χ0v) is 24.1. The maximum Gasteiger partial charge on any atom is 0.273 e. The lowest BCUT2D eigenvalue weighted by atomic mass is 10.1. The molecule has 0 saturated carbocycles. The molecule has 218 valence electrons. The van der Waals surface area contributed by atoms with Gasteiger partial charge in [-0.2, -0.15) is 0 Å². The maximum atomic E-state index is 13.0. The largest absolute Gasteiger partial charge is 0.497 e. The summed E-state index contributed by atoms with van der Waals surface area (Å²) in [6.07, 6.45) is 0. The number of rotatable bonds is 12. The summed E-state index contributed by atoms with van der Waals surface area (Å²) in [5.41, 5.74) is 1.39. The summed E-state index contributed by atoms with van der Waals surface area (Å²) < 4.78 is 17.8. The monoisotopic (exact) mass is 592 g/mol. The number of hydrogen-bond donors (Lipinski definition) is 2. The van der Waals surface area contributed by atoms with Gasteiger partial charge in [0.25, 0.3) is 11.6 Å². The van der Waals surface area contributed by atoms with Gasteiger partial charge < -0.3 is 24.8 Å². The SMILES string of the molecule is COc1ccc(NC(=O)CSc2nnc(CNC(=O)c3cccc([N+](=O)[O-])c3C)n2-c2cc(OC)ccc2OC)cc1. The molecule has 0 aliphatic heterocycles. The molecule has 0 unspecified atom stereocenters. The van der Waals surface area contributed by atoms with Crippen molar-refractivity contribution in [2.24, 2.45) is 0 Å². The van der Waals surface area contributed by atoms with Gasteiger partial charge in [0.05, 0.1) is 44.2 Å². The molecule has 3 aromatic carbocycles. The molecule has 1 aromatic heterocycles. The zero-order chi connectivity index (χ0) is 30.2. The molecule has 0 spiro atoms. The van der Waals surface area contributed by atoms with E-state index in [1.54, 1.807) is 54.1 Å². The summed E-state index contributed by atoms with van der Waals surface area (Å²) in [7, 11) is 4.60. The normalized spacial score (nSPS) is 10.6. The summed E-state index contributed by atoms with van der Waals surface area (Å²) in [5.74, 6) is 1.23. The number of nitro benzene ring substituents is 1. The Morgan fingerprint density at radius 3 is 2.36 bits per heavy atom. The molecule has 0 radical (unpaired) electrons. The van der Waals surface area contributed by atoms with Crippen molar-refractivity contribution < 1.29 is 28.7 Å². The van der Waals surface area contributed by atoms with Gasteiger partial charge in [-0.05, 0) is 49.4 Å². The molecule has 4 rings (SSSR count). The average molecular weight is 593 g/mol. The first kappa shape index (κ1) is 29.9. The van der Waals surface area contributed by atoms with Crippen LogP contribution in [0.2, 0.25) is 0 Å². The van der Waals surface area contributed by atoms with Crippen LogP contribution in [-0.4, -0.2) is 58.6 Å². The molecule has 14 heteroatoms. The highest BCUT2D eigenvalue weighted by Crippen LogP contribution is 2.32. The van der Waals surface area contributed by atoms with Gasteiger partial charge in [-0.15, -0.1) is 10.2 Å². The highest BCUT2D eigenvalue weighted by atomic mass is 32.2. The minimum Gasteiger partial charge on any atom is -0.497 e. The van der Waals surface area contributed by atoms with E-state index in [1.165, 1.54) is 39.3 Å². The fourth-order valence-corrected chi connectivity index (χ4v) is 4.81. The first-order chi connectivity index (χ1) is 20.2. The van der Waals surface area contributed by atoms with E-state index in [4.69, 9.17) is 14.2 Å². The second kappa shape index (κ2) is 13.5. The summed E-state index contributed by atoms with van der Waals surface area (Å²) in [4.78, 5) is 36.5. The number of hydrogen-bond acceptors (Lipinski definition) is 10. The predicted molar refractivity (Wildman–Crippen MR) is 156 cm³/mol. The van der Waals surface area contributed by atoms with Crippen molar-refractivity contribution in [3.05, 3.63) is 87.7 Å². The van der Waals surface area contributed by atoms with E-state index >= 15 is 0 Å². The van der Waals surface area contributed by atoms with E-state index in [9.17, 15) is 19.7 Å². The van der Waals surface area contributed by atoms with E-state index in [0.29, 0.717) is 39.6 Å². The number of aromatic nitrogens is 3. The Bertz CT molecular complexity index is 1610. The smallest absolute Gasteiger partial charge is 0.273 e. The third-order valence-corrected chi connectivity index (χ3v) is 7.12. The first-order valence-electron chi connectivity index (χ1n) is 12.5. The Balaban J connectivity index is 1.60. The second-order valence-corrected chi connectivity index (χ2v) is 9.67. The molecular formula is C28H28N6O7S. The Kier molecular flexibility index (Phi) is 9.60. The van der Waals surface area contributed by atoms with Crippen LogP contribution in [0.15, 0.2) is 65.8 Å². The number of thioether (sulfide) groups is 1. The van der Waals surface area contributed by atoms with Crippen LogP contribution in [0.5, 0.6) is 17.2 Å². The van der Waals surface area contributed by atoms with Gasteiger partial charge in [0.15, 0.2) is 11.0 Å². The van der Waals surface area contributed by atoms with Crippen LogP contribution >= 0.6 is 11.8 Å². The quantitative estimate of drug-likeness (QED) is 0.139. The van der Waals surface area contributed by atoms with Gasteiger partial charge in [0, 0.05) is 28.9 Å². The zero-order valence-electron chi connectivity index (χ0n) is 23.2. The number of carbonyl (C=O) groups excluding carboxylic acids is 2. The average Bonchev–Trinajstić information content (AvgIpc) is 3.41. The number of methoxy groups -OCH3 is 3. The van der Waals surface area contributed by atoms with Crippen molar-refractivity contribution in [2.75, 3.05) is 32.4 Å². The van der Waals surface area contributed by atoms with Crippen LogP contribution in [-0.2, 0) is 11.3 Å². The maximum absolute atomic E-state index is 13.0. The highest BCUT2D eigenvalue weighted by Gasteiger charge is 2.22. The molecule has 0 saturated heterocycles. The number of ether oxygens (including phenoxy) is 3. The molecule has 0 atom stereocenters. The third-order valence-electron chi connectivity index (χ3n) is 6.19. The number of amides is 2. The topological polar surface area (TPSA) is 160 Å². The van der Waals surface area contributed by atoms with E-state index in [-0.39, 0.29) is 35.0 Å². The number of carbonyl (C=O) groups is 2. The van der Waals surface area contributed by atoms with Crippen molar-refractivity contribution in [3.8, 4) is 22.9 Å². The Hall–Kier alpha value is -5.11. The summed E-state index contributed by atoms with van der Waals surface area (Å²) in [6.45, 7) is 1.44. The van der Waals surface area contributed by atoms with Gasteiger partial charge in [0.1, 0.15) is 17.2 Å². The lowest BCUT2D eigenvalue weighted by molar-refractivity contribution is -0.385. The van der Waals surface area contributed by atoms with Crippen LogP contribution in [0.1, 0.15) is 21.7 Å². The highest BCUT2D eigenvalue weighted by molar-refractivity contribution is 7.99. The first-order valence-corrected chi connectivity index (χ1v) is 13.5. The minimum atomic E-state index is -0.536. The number of nitro groups is 1. The molecule has 0 bridgehead atoms. The third kappa shape index (κ3) is 6.78. The Morgan fingerprint density at radius 2 is 1.69 bits per heavy atom.